The van der Waals surface area contributed by atoms with Gasteiger partial charge in [-0.05, 0) is 17.5 Å². The lowest BCUT2D eigenvalue weighted by atomic mass is 10.1. The Labute approximate surface area is 114 Å². The van der Waals surface area contributed by atoms with Crippen molar-refractivity contribution in [1.82, 2.24) is 14.5 Å². The molecule has 0 radical (unpaired) electrons. The van der Waals surface area contributed by atoms with E-state index >= 15 is 0 Å². The second-order valence-corrected chi connectivity index (χ2v) is 4.94. The van der Waals surface area contributed by atoms with Crippen molar-refractivity contribution in [3.8, 4) is 0 Å². The van der Waals surface area contributed by atoms with E-state index in [1.165, 1.54) is 0 Å². The molecule has 2 aromatic rings. The fourth-order valence-corrected chi connectivity index (χ4v) is 2.26. The highest BCUT2D eigenvalue weighted by molar-refractivity contribution is 6.30. The number of nitrogens with zero attached hydrogens (tertiary/aromatic N) is 2. The van der Waals surface area contributed by atoms with Crippen LogP contribution in [0.3, 0.4) is 0 Å². The van der Waals surface area contributed by atoms with Crippen LogP contribution in [0.1, 0.15) is 30.9 Å². The van der Waals surface area contributed by atoms with E-state index in [-0.39, 0.29) is 23.2 Å². The highest BCUT2D eigenvalue weighted by Gasteiger charge is 2.15. The van der Waals surface area contributed by atoms with Gasteiger partial charge in [0.05, 0.1) is 12.1 Å². The van der Waals surface area contributed by atoms with Crippen LogP contribution in [0, 0.1) is 0 Å². The van der Waals surface area contributed by atoms with Crippen molar-refractivity contribution in [2.75, 3.05) is 0 Å². The van der Waals surface area contributed by atoms with Crippen molar-refractivity contribution >= 4 is 11.6 Å². The molecule has 2 rings (SSSR count). The van der Waals surface area contributed by atoms with Gasteiger partial charge in [-0.1, -0.05) is 31.5 Å². The van der Waals surface area contributed by atoms with E-state index in [1.54, 1.807) is 18.5 Å². The molecule has 0 aromatic carbocycles. The van der Waals surface area contributed by atoms with Crippen molar-refractivity contribution in [3.63, 3.8) is 0 Å². The molecule has 0 spiro atoms. The summed E-state index contributed by atoms with van der Waals surface area (Å²) in [6.07, 6.45) is 3.26. The molecule has 0 saturated carbocycles. The molecule has 0 saturated heterocycles. The number of aromatic nitrogens is 3. The Morgan fingerprint density at radius 1 is 1.42 bits per heavy atom. The summed E-state index contributed by atoms with van der Waals surface area (Å²) < 4.78 is 1.14. The van der Waals surface area contributed by atoms with Crippen LogP contribution in [0.4, 0.5) is 0 Å². The smallest absolute Gasteiger partial charge is 0.297 e. The van der Waals surface area contributed by atoms with Crippen LogP contribution in [0.15, 0.2) is 34.1 Å². The molecular weight excluding hydrogens is 266 g/mol. The van der Waals surface area contributed by atoms with Gasteiger partial charge in [-0.15, -0.1) is 0 Å². The molecular formula is C13H14ClN3O2. The standard InChI is InChI=1S/C13H14ClN3O2/c1-8(2)10-11(14)16-13(19)17(12(10)18)7-9-4-3-5-15-6-9/h3-6,8H,7H2,1-2H3,(H,16,19). The van der Waals surface area contributed by atoms with Gasteiger partial charge in [0.1, 0.15) is 5.15 Å². The highest BCUT2D eigenvalue weighted by Crippen LogP contribution is 2.16. The average Bonchev–Trinajstić information content (AvgIpc) is 2.35. The first-order chi connectivity index (χ1) is 9.00. The van der Waals surface area contributed by atoms with Crippen molar-refractivity contribution in [2.24, 2.45) is 0 Å². The van der Waals surface area contributed by atoms with Gasteiger partial charge >= 0.3 is 5.69 Å². The van der Waals surface area contributed by atoms with E-state index in [0.29, 0.717) is 5.56 Å². The Hall–Kier alpha value is -1.88. The summed E-state index contributed by atoms with van der Waals surface area (Å²) in [5, 5.41) is 0.118. The molecule has 19 heavy (non-hydrogen) atoms. The third-order valence-corrected chi connectivity index (χ3v) is 3.11. The second-order valence-electron chi connectivity index (χ2n) is 4.57. The number of aromatic amines is 1. The third kappa shape index (κ3) is 2.76. The lowest BCUT2D eigenvalue weighted by Gasteiger charge is -2.11. The molecule has 2 heterocycles. The van der Waals surface area contributed by atoms with Crippen molar-refractivity contribution in [3.05, 3.63) is 61.6 Å². The summed E-state index contributed by atoms with van der Waals surface area (Å²) >= 11 is 5.92. The zero-order valence-corrected chi connectivity index (χ0v) is 11.4. The first-order valence-corrected chi connectivity index (χ1v) is 6.30. The Morgan fingerprint density at radius 3 is 2.74 bits per heavy atom. The molecule has 2 aromatic heterocycles. The summed E-state index contributed by atoms with van der Waals surface area (Å²) in [5.41, 5.74) is 0.341. The number of halogens is 1. The molecule has 1 N–H and O–H groups in total. The molecule has 0 aliphatic rings. The molecule has 0 aliphatic heterocycles. The Kier molecular flexibility index (Phi) is 3.85. The van der Waals surface area contributed by atoms with Gasteiger partial charge < -0.3 is 0 Å². The van der Waals surface area contributed by atoms with E-state index in [1.807, 2.05) is 19.9 Å². The van der Waals surface area contributed by atoms with Crippen LogP contribution in [0.5, 0.6) is 0 Å². The molecule has 0 atom stereocenters. The summed E-state index contributed by atoms with van der Waals surface area (Å²) in [4.78, 5) is 30.6. The number of hydrogen-bond acceptors (Lipinski definition) is 3. The summed E-state index contributed by atoms with van der Waals surface area (Å²) in [6.45, 7) is 3.89. The topological polar surface area (TPSA) is 67.8 Å². The third-order valence-electron chi connectivity index (χ3n) is 2.81. The maximum atomic E-state index is 12.3. The average molecular weight is 280 g/mol. The van der Waals surface area contributed by atoms with Gasteiger partial charge in [-0.3, -0.25) is 19.3 Å². The van der Waals surface area contributed by atoms with E-state index in [0.717, 1.165) is 10.1 Å². The number of rotatable bonds is 3. The van der Waals surface area contributed by atoms with Crippen LogP contribution < -0.4 is 11.2 Å². The van der Waals surface area contributed by atoms with Gasteiger partial charge in [-0.25, -0.2) is 4.79 Å². The van der Waals surface area contributed by atoms with Crippen LogP contribution >= 0.6 is 11.6 Å². The maximum absolute atomic E-state index is 12.3. The summed E-state index contributed by atoms with van der Waals surface area (Å²) in [7, 11) is 0. The van der Waals surface area contributed by atoms with Gasteiger partial charge in [0, 0.05) is 12.4 Å². The van der Waals surface area contributed by atoms with Gasteiger partial charge in [0.2, 0.25) is 0 Å². The zero-order valence-electron chi connectivity index (χ0n) is 10.7. The van der Waals surface area contributed by atoms with E-state index < -0.39 is 5.69 Å². The summed E-state index contributed by atoms with van der Waals surface area (Å²) in [6, 6.07) is 3.57. The van der Waals surface area contributed by atoms with Crippen molar-refractivity contribution in [2.45, 2.75) is 26.3 Å². The van der Waals surface area contributed by atoms with Crippen molar-refractivity contribution in [1.29, 1.82) is 0 Å². The van der Waals surface area contributed by atoms with Gasteiger partial charge in [0.15, 0.2) is 0 Å². The predicted molar refractivity (Wildman–Crippen MR) is 73.8 cm³/mol. The Balaban J connectivity index is 2.56. The maximum Gasteiger partial charge on any atom is 0.329 e. The summed E-state index contributed by atoms with van der Waals surface area (Å²) in [5.74, 6) is -0.0583. The number of H-pyrrole nitrogens is 1. The van der Waals surface area contributed by atoms with Crippen LogP contribution in [0.25, 0.3) is 0 Å². The molecule has 100 valence electrons. The number of nitrogens with one attached hydrogen (secondary N) is 1. The van der Waals surface area contributed by atoms with E-state index in [9.17, 15) is 9.59 Å². The second kappa shape index (κ2) is 5.40. The Morgan fingerprint density at radius 2 is 2.16 bits per heavy atom. The number of pyridine rings is 1. The zero-order chi connectivity index (χ0) is 14.0. The fraction of sp³-hybridized carbons (Fsp3) is 0.308. The molecule has 0 amide bonds. The van der Waals surface area contributed by atoms with Gasteiger partial charge in [-0.2, -0.15) is 0 Å². The molecule has 6 heteroatoms. The SMILES string of the molecule is CC(C)c1c(Cl)[nH]c(=O)n(Cc2cccnc2)c1=O. The predicted octanol–water partition coefficient (Wildman–Crippen LogP) is 1.76. The molecule has 0 fully saturated rings. The fourth-order valence-electron chi connectivity index (χ4n) is 1.88. The molecule has 0 bridgehead atoms. The van der Waals surface area contributed by atoms with Crippen molar-refractivity contribution < 1.29 is 0 Å². The van der Waals surface area contributed by atoms with Crippen LogP contribution in [0.2, 0.25) is 5.15 Å². The van der Waals surface area contributed by atoms with E-state index in [2.05, 4.69) is 9.97 Å². The molecule has 0 unspecified atom stereocenters. The molecule has 5 nitrogen and oxygen atoms in total. The highest BCUT2D eigenvalue weighted by atomic mass is 35.5. The largest absolute Gasteiger partial charge is 0.329 e. The first kappa shape index (κ1) is 13.5. The first-order valence-electron chi connectivity index (χ1n) is 5.92. The quantitative estimate of drug-likeness (QED) is 0.871. The number of hydrogen-bond donors (Lipinski definition) is 1. The van der Waals surface area contributed by atoms with Gasteiger partial charge in [0.25, 0.3) is 5.56 Å². The minimum atomic E-state index is -0.511. The minimum Gasteiger partial charge on any atom is -0.297 e. The lowest BCUT2D eigenvalue weighted by molar-refractivity contribution is 0.669. The molecule has 0 aliphatic carbocycles. The van der Waals surface area contributed by atoms with Crippen LogP contribution in [-0.4, -0.2) is 14.5 Å². The monoisotopic (exact) mass is 279 g/mol. The van der Waals surface area contributed by atoms with Crippen LogP contribution in [-0.2, 0) is 6.54 Å². The normalized spacial score (nSPS) is 10.9. The van der Waals surface area contributed by atoms with E-state index in [4.69, 9.17) is 11.6 Å². The Bertz CT molecular complexity index is 689. The lowest BCUT2D eigenvalue weighted by Crippen LogP contribution is -2.38. The minimum absolute atomic E-state index is 0.0583.